The largest absolute Gasteiger partial charge is 0.342 e. The van der Waals surface area contributed by atoms with Gasteiger partial charge in [0.05, 0.1) is 17.8 Å². The third kappa shape index (κ3) is 3.79. The number of amides is 1. The predicted octanol–water partition coefficient (Wildman–Crippen LogP) is 2.40. The number of aromatic nitrogens is 2. The van der Waals surface area contributed by atoms with Gasteiger partial charge in [-0.15, -0.1) is 12.4 Å². The lowest BCUT2D eigenvalue weighted by Crippen LogP contribution is -2.43. The zero-order valence-corrected chi connectivity index (χ0v) is 15.1. The number of nitrogens with two attached hydrogens (primary N) is 1. The SMILES string of the molecule is Cc1nn(-c2ccccc2)c(C)c1CC(=O)N1CCC(N)CC1.Cl. The normalized spacial score (nSPS) is 15.2. The molecule has 0 radical (unpaired) electrons. The number of rotatable bonds is 3. The quantitative estimate of drug-likeness (QED) is 0.926. The van der Waals surface area contributed by atoms with E-state index in [0.29, 0.717) is 6.42 Å². The van der Waals surface area contributed by atoms with Crippen LogP contribution in [0.2, 0.25) is 0 Å². The van der Waals surface area contributed by atoms with Gasteiger partial charge in [-0.25, -0.2) is 4.68 Å². The van der Waals surface area contributed by atoms with E-state index in [0.717, 1.165) is 48.6 Å². The van der Waals surface area contributed by atoms with E-state index >= 15 is 0 Å². The molecule has 0 saturated carbocycles. The summed E-state index contributed by atoms with van der Waals surface area (Å²) in [4.78, 5) is 14.5. The first kappa shape index (κ1) is 18.5. The Balaban J connectivity index is 0.00000208. The van der Waals surface area contributed by atoms with Crippen molar-refractivity contribution < 1.29 is 4.79 Å². The lowest BCUT2D eigenvalue weighted by molar-refractivity contribution is -0.131. The molecule has 5 nitrogen and oxygen atoms in total. The van der Waals surface area contributed by atoms with Crippen LogP contribution in [0.15, 0.2) is 30.3 Å². The molecule has 6 heteroatoms. The highest BCUT2D eigenvalue weighted by Crippen LogP contribution is 2.20. The Morgan fingerprint density at radius 2 is 1.83 bits per heavy atom. The van der Waals surface area contributed by atoms with Gasteiger partial charge in [0.15, 0.2) is 0 Å². The number of likely N-dealkylation sites (tertiary alicyclic amines) is 1. The van der Waals surface area contributed by atoms with E-state index in [-0.39, 0.29) is 24.4 Å². The van der Waals surface area contributed by atoms with Crippen LogP contribution in [0.4, 0.5) is 0 Å². The van der Waals surface area contributed by atoms with Crippen molar-refractivity contribution in [2.24, 2.45) is 5.73 Å². The molecular formula is C18H25ClN4O. The van der Waals surface area contributed by atoms with E-state index in [1.165, 1.54) is 0 Å². The second kappa shape index (κ2) is 7.81. The second-order valence-electron chi connectivity index (χ2n) is 6.29. The highest BCUT2D eigenvalue weighted by molar-refractivity contribution is 5.85. The Morgan fingerprint density at radius 3 is 2.46 bits per heavy atom. The minimum atomic E-state index is 0. The molecule has 2 aromatic rings. The minimum absolute atomic E-state index is 0. The van der Waals surface area contributed by atoms with Crippen LogP contribution >= 0.6 is 12.4 Å². The van der Waals surface area contributed by atoms with Gasteiger partial charge in [-0.2, -0.15) is 5.10 Å². The Kier molecular flexibility index (Phi) is 6.02. The molecule has 130 valence electrons. The molecular weight excluding hydrogens is 324 g/mol. The maximum atomic E-state index is 12.6. The summed E-state index contributed by atoms with van der Waals surface area (Å²) in [5, 5.41) is 4.62. The van der Waals surface area contributed by atoms with Crippen molar-refractivity contribution in [1.82, 2.24) is 14.7 Å². The maximum Gasteiger partial charge on any atom is 0.227 e. The van der Waals surface area contributed by atoms with E-state index in [9.17, 15) is 4.79 Å². The van der Waals surface area contributed by atoms with Gasteiger partial charge in [-0.1, -0.05) is 18.2 Å². The first-order valence-corrected chi connectivity index (χ1v) is 8.20. The van der Waals surface area contributed by atoms with Crippen LogP contribution < -0.4 is 5.73 Å². The monoisotopic (exact) mass is 348 g/mol. The molecule has 3 rings (SSSR count). The van der Waals surface area contributed by atoms with Crippen LogP contribution in [0.3, 0.4) is 0 Å². The van der Waals surface area contributed by atoms with E-state index < -0.39 is 0 Å². The van der Waals surface area contributed by atoms with E-state index in [4.69, 9.17) is 5.73 Å². The van der Waals surface area contributed by atoms with Crippen molar-refractivity contribution in [2.75, 3.05) is 13.1 Å². The summed E-state index contributed by atoms with van der Waals surface area (Å²) in [6.45, 7) is 5.54. The fourth-order valence-electron chi connectivity index (χ4n) is 3.16. The molecule has 2 heterocycles. The number of nitrogens with zero attached hydrogens (tertiary/aromatic N) is 3. The molecule has 0 atom stereocenters. The van der Waals surface area contributed by atoms with Crippen molar-refractivity contribution in [3.8, 4) is 5.69 Å². The fraction of sp³-hybridized carbons (Fsp3) is 0.444. The zero-order valence-electron chi connectivity index (χ0n) is 14.2. The number of piperidine rings is 1. The molecule has 1 aromatic carbocycles. The first-order valence-electron chi connectivity index (χ1n) is 8.20. The molecule has 1 aliphatic heterocycles. The summed E-state index contributed by atoms with van der Waals surface area (Å²) in [5.41, 5.74) is 9.94. The van der Waals surface area contributed by atoms with Gasteiger partial charge in [0, 0.05) is 30.4 Å². The van der Waals surface area contributed by atoms with Gasteiger partial charge in [-0.05, 0) is 38.8 Å². The van der Waals surface area contributed by atoms with Crippen molar-refractivity contribution in [3.63, 3.8) is 0 Å². The molecule has 1 saturated heterocycles. The van der Waals surface area contributed by atoms with Crippen LogP contribution in [-0.4, -0.2) is 39.7 Å². The van der Waals surface area contributed by atoms with E-state index in [1.54, 1.807) is 0 Å². The first-order chi connectivity index (χ1) is 11.1. The molecule has 0 bridgehead atoms. The maximum absolute atomic E-state index is 12.6. The molecule has 1 amide bonds. The summed E-state index contributed by atoms with van der Waals surface area (Å²) in [6.07, 6.45) is 2.21. The third-order valence-corrected chi connectivity index (χ3v) is 4.66. The third-order valence-electron chi connectivity index (χ3n) is 4.66. The van der Waals surface area contributed by atoms with Gasteiger partial charge < -0.3 is 10.6 Å². The highest BCUT2D eigenvalue weighted by atomic mass is 35.5. The lowest BCUT2D eigenvalue weighted by atomic mass is 10.0. The molecule has 2 N–H and O–H groups in total. The number of benzene rings is 1. The molecule has 0 spiro atoms. The summed E-state index contributed by atoms with van der Waals surface area (Å²) in [6, 6.07) is 10.3. The van der Waals surface area contributed by atoms with Crippen LogP contribution in [0, 0.1) is 13.8 Å². The van der Waals surface area contributed by atoms with Crippen LogP contribution in [0.1, 0.15) is 29.8 Å². The average molecular weight is 349 g/mol. The predicted molar refractivity (Wildman–Crippen MR) is 97.8 cm³/mol. The van der Waals surface area contributed by atoms with E-state index in [1.807, 2.05) is 53.8 Å². The Labute approximate surface area is 149 Å². The van der Waals surface area contributed by atoms with Crippen LogP contribution in [-0.2, 0) is 11.2 Å². The topological polar surface area (TPSA) is 64.2 Å². The highest BCUT2D eigenvalue weighted by Gasteiger charge is 2.23. The zero-order chi connectivity index (χ0) is 16.4. The molecule has 1 fully saturated rings. The van der Waals surface area contributed by atoms with Crippen molar-refractivity contribution >= 4 is 18.3 Å². The van der Waals surface area contributed by atoms with Gasteiger partial charge >= 0.3 is 0 Å². The van der Waals surface area contributed by atoms with Crippen molar-refractivity contribution in [2.45, 2.75) is 39.2 Å². The Hall–Kier alpha value is -1.85. The second-order valence-corrected chi connectivity index (χ2v) is 6.29. The molecule has 1 aliphatic rings. The minimum Gasteiger partial charge on any atom is -0.342 e. The summed E-state index contributed by atoms with van der Waals surface area (Å²) < 4.78 is 1.92. The summed E-state index contributed by atoms with van der Waals surface area (Å²) in [5.74, 6) is 0.177. The van der Waals surface area contributed by atoms with Crippen molar-refractivity contribution in [3.05, 3.63) is 47.3 Å². The number of carbonyl (C=O) groups excluding carboxylic acids is 1. The van der Waals surface area contributed by atoms with Gasteiger partial charge in [0.2, 0.25) is 5.91 Å². The fourth-order valence-corrected chi connectivity index (χ4v) is 3.16. The molecule has 24 heavy (non-hydrogen) atoms. The standard InChI is InChI=1S/C18H24N4O.ClH/c1-13-17(12-18(23)21-10-8-15(19)9-11-21)14(2)22(20-13)16-6-4-3-5-7-16;/h3-7,15H,8-12,19H2,1-2H3;1H. The molecule has 0 unspecified atom stereocenters. The molecule has 0 aliphatic carbocycles. The van der Waals surface area contributed by atoms with Gasteiger partial charge in [0.25, 0.3) is 0 Å². The van der Waals surface area contributed by atoms with Crippen molar-refractivity contribution in [1.29, 1.82) is 0 Å². The Bertz CT molecular complexity index is 691. The summed E-state index contributed by atoms with van der Waals surface area (Å²) >= 11 is 0. The average Bonchev–Trinajstić information content (AvgIpc) is 2.84. The number of hydrogen-bond acceptors (Lipinski definition) is 3. The van der Waals surface area contributed by atoms with Crippen LogP contribution in [0.25, 0.3) is 5.69 Å². The number of carbonyl (C=O) groups is 1. The number of aryl methyl sites for hydroxylation is 1. The smallest absolute Gasteiger partial charge is 0.227 e. The van der Waals surface area contributed by atoms with Gasteiger partial charge in [0.1, 0.15) is 0 Å². The number of halogens is 1. The van der Waals surface area contributed by atoms with Crippen LogP contribution in [0.5, 0.6) is 0 Å². The number of para-hydroxylation sites is 1. The molecule has 1 aromatic heterocycles. The summed E-state index contributed by atoms with van der Waals surface area (Å²) in [7, 11) is 0. The Morgan fingerprint density at radius 1 is 1.21 bits per heavy atom. The number of hydrogen-bond donors (Lipinski definition) is 1. The lowest BCUT2D eigenvalue weighted by Gasteiger charge is -2.30. The van der Waals surface area contributed by atoms with Gasteiger partial charge in [-0.3, -0.25) is 4.79 Å². The van der Waals surface area contributed by atoms with E-state index in [2.05, 4.69) is 5.10 Å².